The van der Waals surface area contributed by atoms with Gasteiger partial charge in [-0.1, -0.05) is 65.7 Å². The number of aliphatic hydroxyl groups is 7. The van der Waals surface area contributed by atoms with Gasteiger partial charge in [0.2, 0.25) is 5.79 Å². The summed E-state index contributed by atoms with van der Waals surface area (Å²) in [7, 11) is 0. The van der Waals surface area contributed by atoms with Gasteiger partial charge in [-0.05, 0) is 83.1 Å². The summed E-state index contributed by atoms with van der Waals surface area (Å²) in [5.41, 5.74) is 3.77. The maximum Gasteiger partial charge on any atom is 0.225 e. The second-order valence-corrected chi connectivity index (χ2v) is 17.1. The van der Waals surface area contributed by atoms with Crippen molar-refractivity contribution in [2.24, 2.45) is 0 Å². The van der Waals surface area contributed by atoms with E-state index < -0.39 is 73.9 Å². The number of benzene rings is 4. The zero-order chi connectivity index (χ0) is 43.5. The molecule has 0 aliphatic carbocycles. The van der Waals surface area contributed by atoms with Crippen molar-refractivity contribution in [3.8, 4) is 11.5 Å². The normalized spacial score (nSPS) is 32.5. The van der Waals surface area contributed by atoms with E-state index in [1.165, 1.54) is 6.07 Å². The summed E-state index contributed by atoms with van der Waals surface area (Å²) in [6, 6.07) is 25.0. The van der Waals surface area contributed by atoms with E-state index >= 15 is 0 Å². The maximum atomic E-state index is 11.7. The molecular weight excluding hydrogens is 847 g/mol. The highest BCUT2D eigenvalue weighted by Crippen LogP contribution is 2.43. The van der Waals surface area contributed by atoms with Crippen molar-refractivity contribution >= 4 is 23.2 Å². The number of aliphatic hydroxyl groups excluding tert-OH is 7. The molecule has 12 atom stereocenters. The molecule has 0 bridgehead atoms. The largest absolute Gasteiger partial charge is 0.488 e. The van der Waals surface area contributed by atoms with E-state index in [0.29, 0.717) is 71.8 Å². The molecule has 4 aromatic carbocycles. The molecule has 62 heavy (non-hydrogen) atoms. The standard InChI is InChI=1S/C46H52Cl2O14/c47-35-11-5-27(19-28(35)17-25-1-7-31(8-2-25)59-33-13-15-56-22-33)44-42(53)41(52)40(51)38(61-44)24-58-46(45(55)43(54)39(50)37(21-49)62-46)30-6-12-36(48)29(20-30)18-26-3-9-32(10-4-26)60-34-14-16-57-23-34/h1-12,19-20,33-34,37-45,49-55H,13-18,21-24H2/t33-,34-,37+,38+,39+,40+,41-,42+,43-,44-,45+,46?/m0/s1. The van der Waals surface area contributed by atoms with Gasteiger partial charge in [0.1, 0.15) is 78.6 Å². The fourth-order valence-corrected chi connectivity index (χ4v) is 8.76. The number of hydrogen-bond acceptors (Lipinski definition) is 14. The fraction of sp³-hybridized carbons (Fsp3) is 0.478. The van der Waals surface area contributed by atoms with E-state index in [0.717, 1.165) is 29.7 Å². The van der Waals surface area contributed by atoms with Crippen molar-refractivity contribution in [1.29, 1.82) is 0 Å². The first-order valence-electron chi connectivity index (χ1n) is 20.8. The van der Waals surface area contributed by atoms with Crippen molar-refractivity contribution in [3.05, 3.63) is 128 Å². The van der Waals surface area contributed by atoms with Crippen LogP contribution in [0.2, 0.25) is 10.0 Å². The third kappa shape index (κ3) is 9.80. The molecule has 8 rings (SSSR count). The van der Waals surface area contributed by atoms with E-state index in [-0.39, 0.29) is 17.8 Å². The lowest BCUT2D eigenvalue weighted by molar-refractivity contribution is -0.381. The molecule has 4 heterocycles. The van der Waals surface area contributed by atoms with Gasteiger partial charge in [0, 0.05) is 28.5 Å². The van der Waals surface area contributed by atoms with Crippen LogP contribution in [0, 0.1) is 0 Å². The molecule has 0 spiro atoms. The van der Waals surface area contributed by atoms with E-state index in [1.54, 1.807) is 30.3 Å². The molecule has 4 saturated heterocycles. The van der Waals surface area contributed by atoms with E-state index in [4.69, 9.17) is 56.4 Å². The summed E-state index contributed by atoms with van der Waals surface area (Å²) in [6.07, 6.45) is -11.9. The summed E-state index contributed by atoms with van der Waals surface area (Å²) in [4.78, 5) is 0. The third-order valence-electron chi connectivity index (χ3n) is 12.0. The molecule has 0 amide bonds. The summed E-state index contributed by atoms with van der Waals surface area (Å²) in [5.74, 6) is -0.831. The van der Waals surface area contributed by atoms with Crippen LogP contribution in [0.15, 0.2) is 84.9 Å². The monoisotopic (exact) mass is 898 g/mol. The Bertz CT molecular complexity index is 2090. The van der Waals surface area contributed by atoms with Crippen LogP contribution in [0.4, 0.5) is 0 Å². The van der Waals surface area contributed by atoms with Gasteiger partial charge in [-0.25, -0.2) is 0 Å². The Morgan fingerprint density at radius 3 is 1.71 bits per heavy atom. The van der Waals surface area contributed by atoms with Crippen molar-refractivity contribution in [2.45, 2.75) is 98.6 Å². The van der Waals surface area contributed by atoms with Crippen molar-refractivity contribution in [3.63, 3.8) is 0 Å². The lowest BCUT2D eigenvalue weighted by atomic mass is 9.86. The topological polar surface area (TPSA) is 206 Å². The molecule has 0 saturated carbocycles. The summed E-state index contributed by atoms with van der Waals surface area (Å²) >= 11 is 13.4. The van der Waals surface area contributed by atoms with E-state index in [2.05, 4.69) is 0 Å². The van der Waals surface area contributed by atoms with Crippen LogP contribution in [-0.4, -0.2) is 136 Å². The van der Waals surface area contributed by atoms with Crippen LogP contribution in [0.25, 0.3) is 0 Å². The SMILES string of the molecule is OC[C@H]1OC(OC[C@H]2O[C@@H](c3ccc(Cl)c(Cc4ccc(O[C@H]5CCOC5)cc4)c3)[C@H](O)[C@@H](O)[C@@H]2O)(c2ccc(Cl)c(Cc3ccc(O[C@H]4CCOC4)cc3)c2)[C@H](O)[C@@H](O)[C@@H]1O. The van der Waals surface area contributed by atoms with Crippen LogP contribution in [0.3, 0.4) is 0 Å². The van der Waals surface area contributed by atoms with Crippen LogP contribution in [-0.2, 0) is 42.3 Å². The maximum absolute atomic E-state index is 11.7. The lowest BCUT2D eigenvalue weighted by Gasteiger charge is -2.49. The first-order valence-corrected chi connectivity index (χ1v) is 21.6. The van der Waals surface area contributed by atoms with Gasteiger partial charge in [0.05, 0.1) is 39.6 Å². The molecule has 4 fully saturated rings. The molecule has 0 aromatic heterocycles. The Morgan fingerprint density at radius 1 is 0.613 bits per heavy atom. The molecule has 14 nitrogen and oxygen atoms in total. The van der Waals surface area contributed by atoms with Crippen molar-refractivity contribution in [1.82, 2.24) is 0 Å². The Labute approximate surface area is 369 Å². The molecule has 334 valence electrons. The Hall–Kier alpha value is -3.42. The number of ether oxygens (including phenoxy) is 7. The number of halogens is 2. The van der Waals surface area contributed by atoms with Gasteiger partial charge in [-0.3, -0.25) is 0 Å². The van der Waals surface area contributed by atoms with Crippen LogP contribution in [0.1, 0.15) is 52.3 Å². The number of hydrogen-bond donors (Lipinski definition) is 7. The highest BCUT2D eigenvalue weighted by molar-refractivity contribution is 6.31. The summed E-state index contributed by atoms with van der Waals surface area (Å²) in [6.45, 7) is 1.11. The molecule has 4 aliphatic heterocycles. The molecular formula is C46H52Cl2O14. The van der Waals surface area contributed by atoms with Crippen LogP contribution in [0.5, 0.6) is 11.5 Å². The molecule has 4 aromatic rings. The summed E-state index contributed by atoms with van der Waals surface area (Å²) < 4.78 is 41.6. The average Bonchev–Trinajstić information content (AvgIpc) is 4.01. The van der Waals surface area contributed by atoms with Gasteiger partial charge in [-0.2, -0.15) is 0 Å². The zero-order valence-corrected chi connectivity index (χ0v) is 35.3. The molecule has 16 heteroatoms. The Morgan fingerprint density at radius 2 is 1.16 bits per heavy atom. The quantitative estimate of drug-likeness (QED) is 0.0970. The molecule has 0 radical (unpaired) electrons. The highest BCUT2D eigenvalue weighted by Gasteiger charge is 2.57. The van der Waals surface area contributed by atoms with Crippen molar-refractivity contribution < 1.29 is 68.9 Å². The molecule has 1 unspecified atom stereocenters. The van der Waals surface area contributed by atoms with Crippen molar-refractivity contribution in [2.75, 3.05) is 39.6 Å². The first kappa shape index (κ1) is 45.2. The first-order chi connectivity index (χ1) is 29.9. The smallest absolute Gasteiger partial charge is 0.225 e. The zero-order valence-electron chi connectivity index (χ0n) is 33.7. The minimum absolute atomic E-state index is 0.00978. The van der Waals surface area contributed by atoms with Gasteiger partial charge in [-0.15, -0.1) is 0 Å². The van der Waals surface area contributed by atoms with E-state index in [1.807, 2.05) is 48.5 Å². The number of rotatable bonds is 14. The molecule has 7 N–H and O–H groups in total. The third-order valence-corrected chi connectivity index (χ3v) is 12.7. The second-order valence-electron chi connectivity index (χ2n) is 16.3. The van der Waals surface area contributed by atoms with Gasteiger partial charge >= 0.3 is 0 Å². The van der Waals surface area contributed by atoms with Gasteiger partial charge in [0.25, 0.3) is 0 Å². The predicted molar refractivity (Wildman–Crippen MR) is 224 cm³/mol. The molecule has 4 aliphatic rings. The minimum Gasteiger partial charge on any atom is -0.488 e. The Balaban J connectivity index is 1.02. The second kappa shape index (κ2) is 19.8. The van der Waals surface area contributed by atoms with Crippen LogP contribution >= 0.6 is 23.2 Å². The minimum atomic E-state index is -2.26. The average molecular weight is 900 g/mol. The Kier molecular flexibility index (Phi) is 14.4. The van der Waals surface area contributed by atoms with Crippen LogP contribution < -0.4 is 9.47 Å². The van der Waals surface area contributed by atoms with Gasteiger partial charge in [0.15, 0.2) is 0 Å². The lowest BCUT2D eigenvalue weighted by Crippen LogP contribution is -2.65. The summed E-state index contributed by atoms with van der Waals surface area (Å²) in [5, 5.41) is 78.3. The fourth-order valence-electron chi connectivity index (χ4n) is 8.39. The van der Waals surface area contributed by atoms with Gasteiger partial charge < -0.3 is 68.9 Å². The predicted octanol–water partition coefficient (Wildman–Crippen LogP) is 3.38. The van der Waals surface area contributed by atoms with E-state index in [9.17, 15) is 35.7 Å². The highest BCUT2D eigenvalue weighted by atomic mass is 35.5.